The lowest BCUT2D eigenvalue weighted by Crippen LogP contribution is -1.91. The molecule has 3 N–H and O–H groups in total. The zero-order valence-corrected chi connectivity index (χ0v) is 8.16. The summed E-state index contributed by atoms with van der Waals surface area (Å²) in [6, 6.07) is 7.55. The molecule has 0 amide bonds. The highest BCUT2D eigenvalue weighted by Crippen LogP contribution is 2.06. The second kappa shape index (κ2) is 7.58. The zero-order valence-electron chi connectivity index (χ0n) is 8.16. The summed E-state index contributed by atoms with van der Waals surface area (Å²) in [4.78, 5) is 0. The van der Waals surface area contributed by atoms with Gasteiger partial charge >= 0.3 is 0 Å². The molecule has 3 nitrogen and oxygen atoms in total. The Morgan fingerprint density at radius 2 is 2.00 bits per heavy atom. The van der Waals surface area contributed by atoms with Crippen molar-refractivity contribution in [1.82, 2.24) is 0 Å². The minimum absolute atomic E-state index is 0.184. The van der Waals surface area contributed by atoms with Gasteiger partial charge in [0.15, 0.2) is 0 Å². The maximum absolute atomic E-state index is 8.57. The number of rotatable bonds is 2. The van der Waals surface area contributed by atoms with E-state index < -0.39 is 0 Å². The fourth-order valence-electron chi connectivity index (χ4n) is 0.878. The second-order valence-corrected chi connectivity index (χ2v) is 2.63. The fourth-order valence-corrected chi connectivity index (χ4v) is 0.878. The number of methoxy groups -OCH3 is 1. The molecule has 13 heavy (non-hydrogen) atoms. The van der Waals surface area contributed by atoms with E-state index in [1.165, 1.54) is 0 Å². The minimum atomic E-state index is 0.184. The average molecular weight is 183 g/mol. The molecule has 0 aromatic heterocycles. The van der Waals surface area contributed by atoms with Gasteiger partial charge in [-0.15, -0.1) is 0 Å². The van der Waals surface area contributed by atoms with Crippen molar-refractivity contribution in [3.63, 3.8) is 0 Å². The first-order valence-electron chi connectivity index (χ1n) is 4.10. The number of hydrogen-bond acceptors (Lipinski definition) is 3. The van der Waals surface area contributed by atoms with Crippen LogP contribution in [0.3, 0.4) is 0 Å². The lowest BCUT2D eigenvalue weighted by Gasteiger charge is -1.97. The summed E-state index contributed by atoms with van der Waals surface area (Å²) < 4.78 is 4.25. The van der Waals surface area contributed by atoms with Crippen LogP contribution in [0.2, 0.25) is 0 Å². The lowest BCUT2D eigenvalue weighted by molar-refractivity contribution is 0.277. The Bertz CT molecular complexity index is 226. The molecule has 0 fully saturated rings. The maximum atomic E-state index is 8.57. The molecule has 0 aliphatic carbocycles. The summed E-state index contributed by atoms with van der Waals surface area (Å²) in [6.07, 6.45) is 0.686. The molecule has 0 radical (unpaired) electrons. The van der Waals surface area contributed by atoms with Gasteiger partial charge in [0, 0.05) is 26.5 Å². The maximum Gasteiger partial charge on any atom is 0.0471 e. The lowest BCUT2D eigenvalue weighted by atomic mass is 10.1. The predicted octanol–water partition coefficient (Wildman–Crippen LogP) is 1.07. The zero-order chi connectivity index (χ0) is 10.1. The van der Waals surface area contributed by atoms with Crippen LogP contribution < -0.4 is 5.73 Å². The van der Waals surface area contributed by atoms with E-state index in [0.29, 0.717) is 6.42 Å². The van der Waals surface area contributed by atoms with Crippen molar-refractivity contribution in [2.24, 2.45) is 0 Å². The molecular formula is C10H17NO2. The smallest absolute Gasteiger partial charge is 0.0471 e. The van der Waals surface area contributed by atoms with E-state index in [0.717, 1.165) is 11.3 Å². The van der Waals surface area contributed by atoms with E-state index in [2.05, 4.69) is 4.74 Å². The van der Waals surface area contributed by atoms with Gasteiger partial charge in [0.05, 0.1) is 0 Å². The van der Waals surface area contributed by atoms with Crippen LogP contribution in [0.15, 0.2) is 24.3 Å². The standard InChI is InChI=1S/C8H11NO.C2H6O/c9-8-3-1-2-7(6-8)4-5-10;1-3-2/h1-3,6,10H,4-5,9H2;1-2H3. The summed E-state index contributed by atoms with van der Waals surface area (Å²) in [5.74, 6) is 0. The minimum Gasteiger partial charge on any atom is -0.399 e. The number of aliphatic hydroxyl groups is 1. The third-order valence-electron chi connectivity index (χ3n) is 1.35. The van der Waals surface area contributed by atoms with E-state index in [1.54, 1.807) is 14.2 Å². The van der Waals surface area contributed by atoms with E-state index in [4.69, 9.17) is 10.8 Å². The normalized spacial score (nSPS) is 8.85. The van der Waals surface area contributed by atoms with Crippen molar-refractivity contribution in [2.45, 2.75) is 6.42 Å². The molecule has 3 heteroatoms. The second-order valence-electron chi connectivity index (χ2n) is 2.63. The van der Waals surface area contributed by atoms with E-state index in [9.17, 15) is 0 Å². The van der Waals surface area contributed by atoms with Gasteiger partial charge in [-0.1, -0.05) is 12.1 Å². The SMILES string of the molecule is COC.Nc1cccc(CCO)c1. The Morgan fingerprint density at radius 1 is 1.38 bits per heavy atom. The summed E-state index contributed by atoms with van der Waals surface area (Å²) in [5.41, 5.74) is 7.35. The average Bonchev–Trinajstić information content (AvgIpc) is 2.06. The quantitative estimate of drug-likeness (QED) is 0.674. The number of nitrogen functional groups attached to an aromatic ring is 1. The van der Waals surface area contributed by atoms with Crippen LogP contribution in [0.1, 0.15) is 5.56 Å². The van der Waals surface area contributed by atoms with Gasteiger partial charge in [-0.3, -0.25) is 0 Å². The van der Waals surface area contributed by atoms with Crippen LogP contribution in [0.25, 0.3) is 0 Å². The Kier molecular flexibility index (Phi) is 6.96. The van der Waals surface area contributed by atoms with E-state index in [-0.39, 0.29) is 6.61 Å². The predicted molar refractivity (Wildman–Crippen MR) is 54.6 cm³/mol. The molecule has 0 bridgehead atoms. The van der Waals surface area contributed by atoms with Crippen molar-refractivity contribution in [1.29, 1.82) is 0 Å². The van der Waals surface area contributed by atoms with Crippen LogP contribution >= 0.6 is 0 Å². The van der Waals surface area contributed by atoms with Gasteiger partial charge < -0.3 is 15.6 Å². The monoisotopic (exact) mass is 183 g/mol. The molecule has 1 aromatic rings. The number of aliphatic hydroxyl groups excluding tert-OH is 1. The Labute approximate surface area is 79.1 Å². The van der Waals surface area contributed by atoms with Gasteiger partial charge in [-0.2, -0.15) is 0 Å². The highest BCUT2D eigenvalue weighted by Gasteiger charge is 1.90. The van der Waals surface area contributed by atoms with Gasteiger partial charge in [0.2, 0.25) is 0 Å². The topological polar surface area (TPSA) is 55.5 Å². The molecule has 0 unspecified atom stereocenters. The third kappa shape index (κ3) is 6.13. The van der Waals surface area contributed by atoms with Crippen molar-refractivity contribution < 1.29 is 9.84 Å². The van der Waals surface area contributed by atoms with Crippen LogP contribution in [0, 0.1) is 0 Å². The largest absolute Gasteiger partial charge is 0.399 e. The number of hydrogen-bond donors (Lipinski definition) is 2. The van der Waals surface area contributed by atoms with Gasteiger partial charge in [0.1, 0.15) is 0 Å². The van der Waals surface area contributed by atoms with Crippen LogP contribution in [0.4, 0.5) is 5.69 Å². The van der Waals surface area contributed by atoms with Crippen LogP contribution in [-0.4, -0.2) is 25.9 Å². The van der Waals surface area contributed by atoms with Gasteiger partial charge in [0.25, 0.3) is 0 Å². The molecule has 0 atom stereocenters. The fraction of sp³-hybridized carbons (Fsp3) is 0.400. The van der Waals surface area contributed by atoms with Crippen molar-refractivity contribution in [3.05, 3.63) is 29.8 Å². The Hall–Kier alpha value is -1.06. The Balaban J connectivity index is 0.000000424. The third-order valence-corrected chi connectivity index (χ3v) is 1.35. The van der Waals surface area contributed by atoms with E-state index in [1.807, 2.05) is 24.3 Å². The van der Waals surface area contributed by atoms with Gasteiger partial charge in [-0.05, 0) is 24.1 Å². The molecule has 1 aromatic carbocycles. The first-order chi connectivity index (χ1) is 6.24. The molecule has 0 saturated carbocycles. The number of nitrogens with two attached hydrogens (primary N) is 1. The summed E-state index contributed by atoms with van der Waals surface area (Å²) in [5, 5.41) is 8.57. The van der Waals surface area contributed by atoms with Gasteiger partial charge in [-0.25, -0.2) is 0 Å². The molecular weight excluding hydrogens is 166 g/mol. The van der Waals surface area contributed by atoms with Crippen molar-refractivity contribution >= 4 is 5.69 Å². The molecule has 0 aliphatic heterocycles. The van der Waals surface area contributed by atoms with E-state index >= 15 is 0 Å². The van der Waals surface area contributed by atoms with Crippen molar-refractivity contribution in [2.75, 3.05) is 26.6 Å². The summed E-state index contributed by atoms with van der Waals surface area (Å²) in [6.45, 7) is 0.184. The number of ether oxygens (including phenoxy) is 1. The molecule has 0 spiro atoms. The Morgan fingerprint density at radius 3 is 2.46 bits per heavy atom. The summed E-state index contributed by atoms with van der Waals surface area (Å²) in [7, 11) is 3.25. The van der Waals surface area contributed by atoms with Crippen molar-refractivity contribution in [3.8, 4) is 0 Å². The highest BCUT2D eigenvalue weighted by molar-refractivity contribution is 5.40. The molecule has 0 heterocycles. The summed E-state index contributed by atoms with van der Waals surface area (Å²) >= 11 is 0. The number of anilines is 1. The first kappa shape index (κ1) is 11.9. The molecule has 0 aliphatic rings. The molecule has 74 valence electrons. The first-order valence-corrected chi connectivity index (χ1v) is 4.10. The molecule has 0 saturated heterocycles. The van der Waals surface area contributed by atoms with Crippen LogP contribution in [-0.2, 0) is 11.2 Å². The number of benzene rings is 1. The van der Waals surface area contributed by atoms with Crippen LogP contribution in [0.5, 0.6) is 0 Å². The highest BCUT2D eigenvalue weighted by atomic mass is 16.4. The molecule has 1 rings (SSSR count).